The number of H-pyrrole nitrogens is 1. The molecular weight excluding hydrogens is 356 g/mol. The minimum Gasteiger partial charge on any atom is -0.392 e. The average molecular weight is 389 g/mol. The van der Waals surface area contributed by atoms with Gasteiger partial charge >= 0.3 is 0 Å². The highest BCUT2D eigenvalue weighted by Crippen LogP contribution is 2.43. The SMILES string of the molecule is O=C([C@H]1C[C@@H](NC2CCOCC2)[C@H](c2cnc(C3CC3)[nH]2)[C@@H]1O)N1CCCC1. The summed E-state index contributed by atoms with van der Waals surface area (Å²) in [6.07, 6.45) is 8.43. The van der Waals surface area contributed by atoms with Crippen molar-refractivity contribution in [2.45, 2.75) is 75.0 Å². The first kappa shape index (κ1) is 18.6. The van der Waals surface area contributed by atoms with Gasteiger partial charge in [0, 0.05) is 62.1 Å². The van der Waals surface area contributed by atoms with Crippen LogP contribution in [-0.2, 0) is 9.53 Å². The van der Waals surface area contributed by atoms with Gasteiger partial charge in [-0.25, -0.2) is 4.98 Å². The van der Waals surface area contributed by atoms with E-state index in [1.54, 1.807) is 0 Å². The van der Waals surface area contributed by atoms with Crippen molar-refractivity contribution in [1.29, 1.82) is 0 Å². The van der Waals surface area contributed by atoms with E-state index in [2.05, 4.69) is 15.3 Å². The number of hydrogen-bond acceptors (Lipinski definition) is 5. The van der Waals surface area contributed by atoms with Crippen molar-refractivity contribution in [2.24, 2.45) is 5.92 Å². The van der Waals surface area contributed by atoms with Crippen molar-refractivity contribution >= 4 is 5.91 Å². The second kappa shape index (κ2) is 7.76. The smallest absolute Gasteiger partial charge is 0.228 e. The first-order chi connectivity index (χ1) is 13.7. The molecule has 2 saturated heterocycles. The van der Waals surface area contributed by atoms with Crippen molar-refractivity contribution in [3.05, 3.63) is 17.7 Å². The summed E-state index contributed by atoms with van der Waals surface area (Å²) in [6, 6.07) is 0.474. The molecule has 4 atom stereocenters. The maximum absolute atomic E-state index is 13.1. The number of aromatic nitrogens is 2. The molecule has 2 saturated carbocycles. The Kier molecular flexibility index (Phi) is 5.15. The second-order valence-electron chi connectivity index (χ2n) is 9.05. The summed E-state index contributed by atoms with van der Waals surface area (Å²) < 4.78 is 5.49. The third kappa shape index (κ3) is 3.60. The van der Waals surface area contributed by atoms with Crippen molar-refractivity contribution < 1.29 is 14.6 Å². The van der Waals surface area contributed by atoms with Gasteiger partial charge in [0.15, 0.2) is 0 Å². The zero-order valence-electron chi connectivity index (χ0n) is 16.5. The van der Waals surface area contributed by atoms with Gasteiger partial charge in [0.2, 0.25) is 5.91 Å². The summed E-state index contributed by atoms with van der Waals surface area (Å²) in [6.45, 7) is 3.23. The van der Waals surface area contributed by atoms with E-state index in [4.69, 9.17) is 4.74 Å². The van der Waals surface area contributed by atoms with Crippen LogP contribution in [0.1, 0.15) is 68.3 Å². The number of carbonyl (C=O) groups is 1. The zero-order valence-corrected chi connectivity index (χ0v) is 16.5. The molecule has 7 nitrogen and oxygen atoms in total. The van der Waals surface area contributed by atoms with Crippen LogP contribution in [0.5, 0.6) is 0 Å². The lowest BCUT2D eigenvalue weighted by molar-refractivity contribution is -0.137. The first-order valence-corrected chi connectivity index (χ1v) is 11.1. The number of aromatic amines is 1. The number of ether oxygens (including phenoxy) is 1. The fraction of sp³-hybridized carbons (Fsp3) is 0.810. The van der Waals surface area contributed by atoms with Crippen molar-refractivity contribution in [2.75, 3.05) is 26.3 Å². The van der Waals surface area contributed by atoms with Gasteiger partial charge in [-0.2, -0.15) is 0 Å². The molecule has 0 unspecified atom stereocenters. The predicted octanol–water partition coefficient (Wildman–Crippen LogP) is 1.51. The van der Waals surface area contributed by atoms with Gasteiger partial charge in [0.1, 0.15) is 5.82 Å². The summed E-state index contributed by atoms with van der Waals surface area (Å²) in [5, 5.41) is 15.0. The van der Waals surface area contributed by atoms with Crippen molar-refractivity contribution in [3.8, 4) is 0 Å². The Morgan fingerprint density at radius 2 is 1.96 bits per heavy atom. The number of aliphatic hydroxyl groups excluding tert-OH is 1. The number of carbonyl (C=O) groups excluding carboxylic acids is 1. The van der Waals surface area contributed by atoms with Crippen LogP contribution < -0.4 is 5.32 Å². The van der Waals surface area contributed by atoms with Crippen molar-refractivity contribution in [3.63, 3.8) is 0 Å². The Balaban J connectivity index is 1.37. The molecule has 0 spiro atoms. The zero-order chi connectivity index (χ0) is 19.1. The Morgan fingerprint density at radius 3 is 2.68 bits per heavy atom. The maximum Gasteiger partial charge on any atom is 0.228 e. The Hall–Kier alpha value is -1.44. The van der Waals surface area contributed by atoms with Gasteiger partial charge in [-0.1, -0.05) is 0 Å². The van der Waals surface area contributed by atoms with Gasteiger partial charge in [0.25, 0.3) is 0 Å². The molecule has 154 valence electrons. The molecule has 3 N–H and O–H groups in total. The average Bonchev–Trinajstić information content (AvgIpc) is 3.09. The van der Waals surface area contributed by atoms with E-state index in [0.717, 1.165) is 63.5 Å². The summed E-state index contributed by atoms with van der Waals surface area (Å²) in [4.78, 5) is 23.1. The van der Waals surface area contributed by atoms with Crippen LogP contribution in [-0.4, -0.2) is 70.4 Å². The predicted molar refractivity (Wildman–Crippen MR) is 104 cm³/mol. The monoisotopic (exact) mass is 388 g/mol. The van der Waals surface area contributed by atoms with Crippen LogP contribution in [0.3, 0.4) is 0 Å². The molecule has 2 aliphatic carbocycles. The molecule has 0 bridgehead atoms. The van der Waals surface area contributed by atoms with E-state index in [1.165, 1.54) is 12.8 Å². The number of hydrogen-bond donors (Lipinski definition) is 3. The van der Waals surface area contributed by atoms with E-state index in [1.807, 2.05) is 11.1 Å². The number of imidazole rings is 1. The van der Waals surface area contributed by atoms with E-state index in [0.29, 0.717) is 18.4 Å². The van der Waals surface area contributed by atoms with E-state index >= 15 is 0 Å². The van der Waals surface area contributed by atoms with Gasteiger partial charge in [0.05, 0.1) is 12.0 Å². The van der Waals surface area contributed by atoms with E-state index < -0.39 is 6.10 Å². The van der Waals surface area contributed by atoms with Crippen molar-refractivity contribution in [1.82, 2.24) is 20.2 Å². The largest absolute Gasteiger partial charge is 0.392 e. The molecule has 1 aromatic rings. The molecule has 4 aliphatic rings. The first-order valence-electron chi connectivity index (χ1n) is 11.1. The van der Waals surface area contributed by atoms with Crippen LogP contribution in [0, 0.1) is 5.92 Å². The van der Waals surface area contributed by atoms with Gasteiger partial charge in [-0.15, -0.1) is 0 Å². The minimum atomic E-state index is -0.669. The quantitative estimate of drug-likeness (QED) is 0.711. The van der Waals surface area contributed by atoms with E-state index in [-0.39, 0.29) is 23.8 Å². The second-order valence-corrected chi connectivity index (χ2v) is 9.05. The number of nitrogens with zero attached hydrogens (tertiary/aromatic N) is 2. The fourth-order valence-corrected chi connectivity index (χ4v) is 5.29. The molecule has 5 rings (SSSR count). The van der Waals surface area contributed by atoms with Crippen LogP contribution in [0.4, 0.5) is 0 Å². The van der Waals surface area contributed by atoms with Crippen LogP contribution in [0.2, 0.25) is 0 Å². The van der Waals surface area contributed by atoms with Gasteiger partial charge in [-0.05, 0) is 44.9 Å². The molecule has 1 amide bonds. The normalized spacial score (nSPS) is 34.2. The summed E-state index contributed by atoms with van der Waals surface area (Å²) in [5.74, 6) is 1.29. The summed E-state index contributed by atoms with van der Waals surface area (Å²) >= 11 is 0. The summed E-state index contributed by atoms with van der Waals surface area (Å²) in [7, 11) is 0. The van der Waals surface area contributed by atoms with E-state index in [9.17, 15) is 9.90 Å². The van der Waals surface area contributed by atoms with Gasteiger partial charge in [-0.3, -0.25) is 4.79 Å². The Morgan fingerprint density at radius 1 is 1.21 bits per heavy atom. The number of rotatable bonds is 5. The number of likely N-dealkylation sites (tertiary alicyclic amines) is 1. The highest BCUT2D eigenvalue weighted by atomic mass is 16.5. The molecule has 7 heteroatoms. The summed E-state index contributed by atoms with van der Waals surface area (Å²) in [5.41, 5.74) is 0.982. The third-order valence-corrected chi connectivity index (χ3v) is 7.07. The Labute approximate surface area is 166 Å². The highest BCUT2D eigenvalue weighted by molar-refractivity contribution is 5.80. The molecular formula is C21H32N4O3. The fourth-order valence-electron chi connectivity index (χ4n) is 5.29. The maximum atomic E-state index is 13.1. The van der Waals surface area contributed by atoms with Crippen LogP contribution in [0.25, 0.3) is 0 Å². The molecule has 2 aliphatic heterocycles. The molecule has 3 heterocycles. The minimum absolute atomic E-state index is 0.0853. The standard InChI is InChI=1S/C21H32N4O3/c26-19-15(21(27)25-7-1-2-8-25)11-16(23-14-5-9-28-10-6-14)18(19)17-12-22-20(24-17)13-3-4-13/h12-16,18-19,23,26H,1-11H2,(H,22,24)/t15-,16+,18+,19+/m0/s1. The van der Waals surface area contributed by atoms with Crippen LogP contribution >= 0.6 is 0 Å². The molecule has 0 aromatic carbocycles. The number of amides is 1. The number of nitrogens with one attached hydrogen (secondary N) is 2. The lowest BCUT2D eigenvalue weighted by atomic mass is 9.95. The topological polar surface area (TPSA) is 90.5 Å². The molecule has 28 heavy (non-hydrogen) atoms. The number of aliphatic hydroxyl groups is 1. The Bertz CT molecular complexity index is 692. The lowest BCUT2D eigenvalue weighted by Crippen LogP contribution is -2.43. The van der Waals surface area contributed by atoms with Crippen LogP contribution in [0.15, 0.2) is 6.20 Å². The lowest BCUT2D eigenvalue weighted by Gasteiger charge is -2.30. The third-order valence-electron chi connectivity index (χ3n) is 7.07. The van der Waals surface area contributed by atoms with Gasteiger partial charge < -0.3 is 25.0 Å². The highest BCUT2D eigenvalue weighted by Gasteiger charge is 2.49. The molecule has 1 aromatic heterocycles. The molecule has 0 radical (unpaired) electrons. The molecule has 4 fully saturated rings.